The van der Waals surface area contributed by atoms with E-state index in [-0.39, 0.29) is 10.7 Å². The number of benzene rings is 3. The molecule has 1 N–H and O–H groups in total. The Hall–Kier alpha value is -3.51. The van der Waals surface area contributed by atoms with Crippen molar-refractivity contribution in [2.24, 2.45) is 0 Å². The number of anilines is 1. The Morgan fingerprint density at radius 2 is 1.63 bits per heavy atom. The molecule has 6 heteroatoms. The summed E-state index contributed by atoms with van der Waals surface area (Å²) in [6.45, 7) is 3.90. The first-order valence-corrected chi connectivity index (χ1v) is 9.85. The van der Waals surface area contributed by atoms with Gasteiger partial charge in [0.1, 0.15) is 11.3 Å². The predicted octanol–water partition coefficient (Wildman–Crippen LogP) is 4.30. The maximum atomic E-state index is 13.3. The first-order chi connectivity index (χ1) is 14.4. The number of carbonyl (C=O) groups excluding carboxylic acids is 2. The summed E-state index contributed by atoms with van der Waals surface area (Å²) in [5, 5.41) is 4.51. The standard InChI is InChI=1S/C24H20N2O3S/c1-14-10-15(2)12-17(11-14)26-23(28)20(22(27)25-24(26)30)13-16-8-9-21(29-3)19-7-5-4-6-18(16)19/h4-13H,1-3H3,(H,25,27,30). The van der Waals surface area contributed by atoms with E-state index in [4.69, 9.17) is 17.0 Å². The number of aryl methyl sites for hydroxylation is 2. The van der Waals surface area contributed by atoms with Crippen molar-refractivity contribution in [3.8, 4) is 5.75 Å². The van der Waals surface area contributed by atoms with Gasteiger partial charge in [0.2, 0.25) is 0 Å². The van der Waals surface area contributed by atoms with Crippen molar-refractivity contribution in [1.29, 1.82) is 0 Å². The summed E-state index contributed by atoms with van der Waals surface area (Å²) < 4.78 is 5.43. The van der Waals surface area contributed by atoms with E-state index in [1.54, 1.807) is 13.2 Å². The third-order valence-corrected chi connectivity index (χ3v) is 5.29. The second-order valence-electron chi connectivity index (χ2n) is 7.21. The highest BCUT2D eigenvalue weighted by molar-refractivity contribution is 7.80. The largest absolute Gasteiger partial charge is 0.496 e. The molecule has 1 aliphatic heterocycles. The smallest absolute Gasteiger partial charge is 0.270 e. The molecule has 3 aromatic rings. The van der Waals surface area contributed by atoms with Crippen molar-refractivity contribution >= 4 is 51.7 Å². The van der Waals surface area contributed by atoms with Gasteiger partial charge in [0.25, 0.3) is 11.8 Å². The fourth-order valence-corrected chi connectivity index (χ4v) is 4.01. The summed E-state index contributed by atoms with van der Waals surface area (Å²) in [6.07, 6.45) is 1.61. The zero-order chi connectivity index (χ0) is 21.4. The van der Waals surface area contributed by atoms with Gasteiger partial charge >= 0.3 is 0 Å². The van der Waals surface area contributed by atoms with Gasteiger partial charge in [-0.1, -0.05) is 36.4 Å². The Labute approximate surface area is 179 Å². The zero-order valence-corrected chi connectivity index (χ0v) is 17.7. The molecule has 1 aliphatic rings. The second-order valence-corrected chi connectivity index (χ2v) is 7.59. The lowest BCUT2D eigenvalue weighted by Crippen LogP contribution is -2.54. The van der Waals surface area contributed by atoms with E-state index in [0.29, 0.717) is 5.69 Å². The maximum Gasteiger partial charge on any atom is 0.270 e. The predicted molar refractivity (Wildman–Crippen MR) is 123 cm³/mol. The Morgan fingerprint density at radius 1 is 0.967 bits per heavy atom. The molecular formula is C24H20N2O3S. The van der Waals surface area contributed by atoms with Crippen molar-refractivity contribution < 1.29 is 14.3 Å². The first-order valence-electron chi connectivity index (χ1n) is 9.44. The number of fused-ring (bicyclic) bond motifs is 1. The highest BCUT2D eigenvalue weighted by Gasteiger charge is 2.34. The van der Waals surface area contributed by atoms with Crippen molar-refractivity contribution in [3.63, 3.8) is 0 Å². The van der Waals surface area contributed by atoms with Gasteiger partial charge in [-0.2, -0.15) is 0 Å². The number of nitrogens with one attached hydrogen (secondary N) is 1. The summed E-state index contributed by atoms with van der Waals surface area (Å²) >= 11 is 5.31. The SMILES string of the molecule is COc1ccc(C=C2C(=O)NC(=S)N(c3cc(C)cc(C)c3)C2=O)c2ccccc12. The minimum atomic E-state index is -0.509. The molecule has 0 spiro atoms. The summed E-state index contributed by atoms with van der Waals surface area (Å²) in [7, 11) is 1.61. The van der Waals surface area contributed by atoms with Gasteiger partial charge < -0.3 is 4.74 Å². The molecule has 5 nitrogen and oxygen atoms in total. The Balaban J connectivity index is 1.83. The van der Waals surface area contributed by atoms with Gasteiger partial charge in [-0.05, 0) is 72.4 Å². The average molecular weight is 417 g/mol. The van der Waals surface area contributed by atoms with Gasteiger partial charge in [-0.15, -0.1) is 0 Å². The lowest BCUT2D eigenvalue weighted by molar-refractivity contribution is -0.122. The molecular weight excluding hydrogens is 396 g/mol. The molecule has 0 saturated carbocycles. The molecule has 150 valence electrons. The van der Waals surface area contributed by atoms with Crippen molar-refractivity contribution in [2.45, 2.75) is 13.8 Å². The third-order valence-electron chi connectivity index (χ3n) is 5.00. The highest BCUT2D eigenvalue weighted by atomic mass is 32.1. The third kappa shape index (κ3) is 3.46. The monoisotopic (exact) mass is 416 g/mol. The average Bonchev–Trinajstić information content (AvgIpc) is 2.70. The molecule has 0 unspecified atom stereocenters. The van der Waals surface area contributed by atoms with Crippen LogP contribution in [0.5, 0.6) is 5.75 Å². The van der Waals surface area contributed by atoms with Crippen molar-refractivity contribution in [3.05, 3.63) is 76.9 Å². The van der Waals surface area contributed by atoms with E-state index < -0.39 is 11.8 Å². The number of hydrogen-bond donors (Lipinski definition) is 1. The van der Waals surface area contributed by atoms with Gasteiger partial charge in [0, 0.05) is 5.39 Å². The lowest BCUT2D eigenvalue weighted by atomic mass is 10.00. The molecule has 3 aromatic carbocycles. The summed E-state index contributed by atoms with van der Waals surface area (Å²) in [6, 6.07) is 17.1. The zero-order valence-electron chi connectivity index (χ0n) is 16.9. The summed E-state index contributed by atoms with van der Waals surface area (Å²) in [5.74, 6) is -0.232. The molecule has 1 heterocycles. The molecule has 1 saturated heterocycles. The van der Waals surface area contributed by atoms with Crippen LogP contribution in [0.3, 0.4) is 0 Å². The molecule has 4 rings (SSSR count). The molecule has 0 aromatic heterocycles. The minimum Gasteiger partial charge on any atom is -0.496 e. The number of ether oxygens (including phenoxy) is 1. The van der Waals surface area contributed by atoms with E-state index >= 15 is 0 Å². The van der Waals surface area contributed by atoms with Crippen LogP contribution in [0.2, 0.25) is 0 Å². The first kappa shape index (κ1) is 19.8. The van der Waals surface area contributed by atoms with E-state index in [0.717, 1.165) is 33.2 Å². The van der Waals surface area contributed by atoms with Gasteiger partial charge in [0.05, 0.1) is 12.8 Å². The molecule has 0 atom stereocenters. The normalized spacial score (nSPS) is 15.6. The molecule has 0 radical (unpaired) electrons. The second kappa shape index (κ2) is 7.72. The van der Waals surface area contributed by atoms with Crippen LogP contribution in [-0.2, 0) is 9.59 Å². The maximum absolute atomic E-state index is 13.3. The topological polar surface area (TPSA) is 58.6 Å². The van der Waals surface area contributed by atoms with Crippen molar-refractivity contribution in [1.82, 2.24) is 5.32 Å². The fraction of sp³-hybridized carbons (Fsp3) is 0.125. The van der Waals surface area contributed by atoms with Crippen LogP contribution in [0.25, 0.3) is 16.8 Å². The van der Waals surface area contributed by atoms with Crippen molar-refractivity contribution in [2.75, 3.05) is 12.0 Å². The van der Waals surface area contributed by atoms with E-state index in [9.17, 15) is 9.59 Å². The number of carbonyl (C=O) groups is 2. The number of hydrogen-bond acceptors (Lipinski definition) is 4. The van der Waals surface area contributed by atoms with Crippen LogP contribution in [0, 0.1) is 13.8 Å². The quantitative estimate of drug-likeness (QED) is 0.393. The Morgan fingerprint density at radius 3 is 2.30 bits per heavy atom. The van der Waals surface area contributed by atoms with Crippen LogP contribution in [0.15, 0.2) is 60.2 Å². The molecule has 0 aliphatic carbocycles. The van der Waals surface area contributed by atoms with Crippen LogP contribution < -0.4 is 15.0 Å². The number of methoxy groups -OCH3 is 1. The van der Waals surface area contributed by atoms with E-state index in [2.05, 4.69) is 5.32 Å². The lowest BCUT2D eigenvalue weighted by Gasteiger charge is -2.29. The Bertz CT molecular complexity index is 1230. The van der Waals surface area contributed by atoms with Crippen LogP contribution >= 0.6 is 12.2 Å². The molecule has 2 amide bonds. The number of thiocarbonyl (C=S) groups is 1. The number of rotatable bonds is 3. The van der Waals surface area contributed by atoms with Gasteiger partial charge in [0.15, 0.2) is 5.11 Å². The number of amides is 2. The van der Waals surface area contributed by atoms with Crippen LogP contribution in [-0.4, -0.2) is 24.0 Å². The summed E-state index contributed by atoms with van der Waals surface area (Å²) in [5.41, 5.74) is 3.41. The molecule has 1 fully saturated rings. The highest BCUT2D eigenvalue weighted by Crippen LogP contribution is 2.31. The Kier molecular flexibility index (Phi) is 5.10. The summed E-state index contributed by atoms with van der Waals surface area (Å²) in [4.78, 5) is 27.3. The van der Waals surface area contributed by atoms with Crippen LogP contribution in [0.1, 0.15) is 16.7 Å². The minimum absolute atomic E-state index is 0.0260. The van der Waals surface area contributed by atoms with E-state index in [1.165, 1.54) is 4.90 Å². The van der Waals surface area contributed by atoms with Gasteiger partial charge in [-0.25, -0.2) is 0 Å². The molecule has 30 heavy (non-hydrogen) atoms. The fourth-order valence-electron chi connectivity index (χ4n) is 3.73. The van der Waals surface area contributed by atoms with E-state index in [1.807, 2.05) is 68.4 Å². The van der Waals surface area contributed by atoms with Crippen LogP contribution in [0.4, 0.5) is 5.69 Å². The molecule has 0 bridgehead atoms. The number of nitrogens with zero attached hydrogens (tertiary/aromatic N) is 1. The van der Waals surface area contributed by atoms with Gasteiger partial charge in [-0.3, -0.25) is 19.8 Å².